The van der Waals surface area contributed by atoms with Crippen molar-refractivity contribution in [1.29, 1.82) is 0 Å². The molecule has 1 amide bonds. The zero-order valence-corrected chi connectivity index (χ0v) is 12.4. The summed E-state index contributed by atoms with van der Waals surface area (Å²) in [6.07, 6.45) is 0. The first-order chi connectivity index (χ1) is 8.41. The van der Waals surface area contributed by atoms with E-state index in [9.17, 15) is 4.79 Å². The van der Waals surface area contributed by atoms with Gasteiger partial charge in [0.05, 0.1) is 11.6 Å². The second kappa shape index (κ2) is 7.07. The molecule has 0 radical (unpaired) electrons. The van der Waals surface area contributed by atoms with Gasteiger partial charge in [0.2, 0.25) is 5.91 Å². The van der Waals surface area contributed by atoms with Crippen molar-refractivity contribution in [2.75, 3.05) is 20.2 Å². The molecule has 100 valence electrons. The molecule has 0 aliphatic heterocycles. The minimum absolute atomic E-state index is 0.141. The van der Waals surface area contributed by atoms with Crippen molar-refractivity contribution in [3.63, 3.8) is 0 Å². The van der Waals surface area contributed by atoms with Crippen LogP contribution in [0.1, 0.15) is 6.92 Å². The van der Waals surface area contributed by atoms with Crippen LogP contribution < -0.4 is 4.74 Å². The van der Waals surface area contributed by atoms with Crippen molar-refractivity contribution in [2.45, 2.75) is 12.3 Å². The minimum atomic E-state index is -0.537. The number of alkyl halides is 1. The highest BCUT2D eigenvalue weighted by atomic mass is 35.5. The van der Waals surface area contributed by atoms with Crippen LogP contribution in [-0.4, -0.2) is 36.4 Å². The van der Waals surface area contributed by atoms with Gasteiger partial charge in [0.15, 0.2) is 0 Å². The lowest BCUT2D eigenvalue weighted by Crippen LogP contribution is -2.35. The first-order valence-electron chi connectivity index (χ1n) is 5.38. The maximum Gasteiger partial charge on any atom is 0.240 e. The number of amides is 1. The van der Waals surface area contributed by atoms with E-state index in [1.165, 1.54) is 4.90 Å². The summed E-state index contributed by atoms with van der Waals surface area (Å²) < 4.78 is 5.46. The molecule has 0 saturated heterocycles. The molecule has 3 nitrogen and oxygen atoms in total. The predicted octanol–water partition coefficient (Wildman–Crippen LogP) is 3.46. The van der Waals surface area contributed by atoms with Gasteiger partial charge in [0.1, 0.15) is 17.7 Å². The number of carbonyl (C=O) groups is 1. The van der Waals surface area contributed by atoms with Crippen molar-refractivity contribution < 1.29 is 9.53 Å². The maximum atomic E-state index is 11.5. The van der Waals surface area contributed by atoms with Crippen LogP contribution in [0.2, 0.25) is 10.0 Å². The number of nitrogens with zero attached hydrogens (tertiary/aromatic N) is 1. The third-order valence-electron chi connectivity index (χ3n) is 2.29. The summed E-state index contributed by atoms with van der Waals surface area (Å²) >= 11 is 17.5. The first-order valence-corrected chi connectivity index (χ1v) is 6.58. The molecule has 6 heteroatoms. The highest BCUT2D eigenvalue weighted by molar-refractivity contribution is 6.34. The van der Waals surface area contributed by atoms with Crippen LogP contribution in [0.25, 0.3) is 0 Å². The quantitative estimate of drug-likeness (QED) is 0.780. The summed E-state index contributed by atoms with van der Waals surface area (Å²) in [4.78, 5) is 13.0. The van der Waals surface area contributed by atoms with E-state index in [2.05, 4.69) is 0 Å². The molecule has 0 fully saturated rings. The fourth-order valence-corrected chi connectivity index (χ4v) is 1.80. The van der Waals surface area contributed by atoms with Crippen molar-refractivity contribution in [2.24, 2.45) is 0 Å². The van der Waals surface area contributed by atoms with Gasteiger partial charge in [0, 0.05) is 18.1 Å². The van der Waals surface area contributed by atoms with E-state index in [1.54, 1.807) is 32.2 Å². The van der Waals surface area contributed by atoms with Crippen LogP contribution in [0.4, 0.5) is 0 Å². The molecule has 1 atom stereocenters. The molecule has 0 spiro atoms. The van der Waals surface area contributed by atoms with Gasteiger partial charge in [-0.25, -0.2) is 0 Å². The van der Waals surface area contributed by atoms with Gasteiger partial charge in [-0.3, -0.25) is 4.79 Å². The van der Waals surface area contributed by atoms with E-state index in [-0.39, 0.29) is 5.91 Å². The summed E-state index contributed by atoms with van der Waals surface area (Å²) in [7, 11) is 1.67. The Bertz CT molecular complexity index is 424. The van der Waals surface area contributed by atoms with Gasteiger partial charge < -0.3 is 9.64 Å². The second-order valence-corrected chi connectivity index (χ2v) is 5.30. The summed E-state index contributed by atoms with van der Waals surface area (Å²) in [5.41, 5.74) is 0. The van der Waals surface area contributed by atoms with Crippen molar-refractivity contribution >= 4 is 40.7 Å². The average Bonchev–Trinajstić information content (AvgIpc) is 2.32. The second-order valence-electron chi connectivity index (χ2n) is 3.80. The summed E-state index contributed by atoms with van der Waals surface area (Å²) in [5, 5.41) is 0.497. The molecule has 0 aliphatic carbocycles. The summed E-state index contributed by atoms with van der Waals surface area (Å²) in [6, 6.07) is 4.98. The summed E-state index contributed by atoms with van der Waals surface area (Å²) in [6.45, 7) is 2.39. The van der Waals surface area contributed by atoms with E-state index >= 15 is 0 Å². The Balaban J connectivity index is 2.47. The van der Waals surface area contributed by atoms with Gasteiger partial charge in [-0.2, -0.15) is 0 Å². The molecule has 0 aliphatic rings. The first kappa shape index (κ1) is 15.4. The van der Waals surface area contributed by atoms with Crippen molar-refractivity contribution in [1.82, 2.24) is 4.90 Å². The lowest BCUT2D eigenvalue weighted by Gasteiger charge is -2.18. The molecule has 1 aromatic rings. The standard InChI is InChI=1S/C12H14Cl3NO2/c1-8(13)12(17)16(2)5-6-18-11-7-9(14)3-4-10(11)15/h3-4,7-8H,5-6H2,1-2H3. The number of rotatable bonds is 5. The minimum Gasteiger partial charge on any atom is -0.490 e. The molecule has 1 aromatic carbocycles. The molecule has 0 N–H and O–H groups in total. The van der Waals surface area contributed by atoms with E-state index in [0.29, 0.717) is 28.9 Å². The molecule has 18 heavy (non-hydrogen) atoms. The van der Waals surface area contributed by atoms with E-state index < -0.39 is 5.38 Å². The third kappa shape index (κ3) is 4.56. The zero-order valence-electron chi connectivity index (χ0n) is 10.1. The lowest BCUT2D eigenvalue weighted by molar-refractivity contribution is -0.129. The molecule has 1 unspecified atom stereocenters. The van der Waals surface area contributed by atoms with E-state index in [1.807, 2.05) is 0 Å². The smallest absolute Gasteiger partial charge is 0.240 e. The van der Waals surface area contributed by atoms with Gasteiger partial charge in [-0.1, -0.05) is 23.2 Å². The normalized spacial score (nSPS) is 12.1. The third-order valence-corrected chi connectivity index (χ3v) is 3.03. The highest BCUT2D eigenvalue weighted by Gasteiger charge is 2.14. The van der Waals surface area contributed by atoms with Crippen LogP contribution in [0.5, 0.6) is 5.75 Å². The fourth-order valence-electron chi connectivity index (χ4n) is 1.29. The number of hydrogen-bond acceptors (Lipinski definition) is 2. The topological polar surface area (TPSA) is 29.5 Å². The number of hydrogen-bond donors (Lipinski definition) is 0. The Hall–Kier alpha value is -0.640. The number of ether oxygens (including phenoxy) is 1. The van der Waals surface area contributed by atoms with Crippen molar-refractivity contribution in [3.05, 3.63) is 28.2 Å². The molecule has 0 bridgehead atoms. The predicted molar refractivity (Wildman–Crippen MR) is 74.9 cm³/mol. The number of carbonyl (C=O) groups excluding carboxylic acids is 1. The molecule has 0 heterocycles. The molecular formula is C12H14Cl3NO2. The van der Waals surface area contributed by atoms with Crippen LogP contribution in [0, 0.1) is 0 Å². The van der Waals surface area contributed by atoms with Gasteiger partial charge in [-0.05, 0) is 19.1 Å². The largest absolute Gasteiger partial charge is 0.490 e. The fraction of sp³-hybridized carbons (Fsp3) is 0.417. The van der Waals surface area contributed by atoms with E-state index in [0.717, 1.165) is 0 Å². The maximum absolute atomic E-state index is 11.5. The Kier molecular flexibility index (Phi) is 6.06. The summed E-state index contributed by atoms with van der Waals surface area (Å²) in [5.74, 6) is 0.362. The average molecular weight is 311 g/mol. The monoisotopic (exact) mass is 309 g/mol. The molecule has 1 rings (SSSR count). The van der Waals surface area contributed by atoms with Crippen LogP contribution in [-0.2, 0) is 4.79 Å². The van der Waals surface area contributed by atoms with Crippen molar-refractivity contribution in [3.8, 4) is 5.75 Å². The van der Waals surface area contributed by atoms with Gasteiger partial charge >= 0.3 is 0 Å². The van der Waals surface area contributed by atoms with Gasteiger partial charge in [0.25, 0.3) is 0 Å². The Labute approximate surface area is 122 Å². The number of benzene rings is 1. The number of likely N-dealkylation sites (N-methyl/N-ethyl adjacent to an activating group) is 1. The number of halogens is 3. The lowest BCUT2D eigenvalue weighted by atomic mass is 10.3. The highest BCUT2D eigenvalue weighted by Crippen LogP contribution is 2.27. The Morgan fingerprint density at radius 2 is 2.11 bits per heavy atom. The zero-order chi connectivity index (χ0) is 13.7. The van der Waals surface area contributed by atoms with Crippen LogP contribution in [0.3, 0.4) is 0 Å². The SMILES string of the molecule is CC(Cl)C(=O)N(C)CCOc1cc(Cl)ccc1Cl. The van der Waals surface area contributed by atoms with Gasteiger partial charge in [-0.15, -0.1) is 11.6 Å². The molecular weight excluding hydrogens is 296 g/mol. The molecule has 0 saturated carbocycles. The molecule has 0 aromatic heterocycles. The Morgan fingerprint density at radius 3 is 2.72 bits per heavy atom. The van der Waals surface area contributed by atoms with E-state index in [4.69, 9.17) is 39.5 Å². The van der Waals surface area contributed by atoms with Crippen LogP contribution in [0.15, 0.2) is 18.2 Å². The Morgan fingerprint density at radius 1 is 1.44 bits per heavy atom. The van der Waals surface area contributed by atoms with Crippen LogP contribution >= 0.6 is 34.8 Å².